The molecule has 2 aromatic rings. The molecule has 0 aliphatic carbocycles. The molecule has 5 nitrogen and oxygen atoms in total. The first-order valence-electron chi connectivity index (χ1n) is 5.54. The summed E-state index contributed by atoms with van der Waals surface area (Å²) in [6.07, 6.45) is 3.56. The number of aromatic nitrogens is 2. The van der Waals surface area contributed by atoms with E-state index in [1.54, 1.807) is 18.0 Å². The first-order chi connectivity index (χ1) is 8.76. The second kappa shape index (κ2) is 5.34. The summed E-state index contributed by atoms with van der Waals surface area (Å²) < 4.78 is 6.83. The van der Waals surface area contributed by atoms with E-state index in [2.05, 4.69) is 5.10 Å². The first kappa shape index (κ1) is 12.1. The van der Waals surface area contributed by atoms with E-state index in [1.807, 2.05) is 30.5 Å². The Labute approximate surface area is 105 Å². The fourth-order valence-corrected chi connectivity index (χ4v) is 1.73. The van der Waals surface area contributed by atoms with Crippen LogP contribution in [0.3, 0.4) is 0 Å². The molecule has 1 aromatic heterocycles. The maximum absolute atomic E-state index is 8.62. The maximum Gasteiger partial charge on any atom is 0.128 e. The SMILES string of the molecule is COc1cc(CN)cc(-c2cnn(CC#N)c2)c1. The summed E-state index contributed by atoms with van der Waals surface area (Å²) in [5.41, 5.74) is 8.58. The summed E-state index contributed by atoms with van der Waals surface area (Å²) in [5.74, 6) is 0.765. The Morgan fingerprint density at radius 3 is 2.89 bits per heavy atom. The molecule has 92 valence electrons. The molecule has 0 spiro atoms. The van der Waals surface area contributed by atoms with Crippen LogP contribution in [0.15, 0.2) is 30.6 Å². The van der Waals surface area contributed by atoms with Gasteiger partial charge in [0.25, 0.3) is 0 Å². The zero-order chi connectivity index (χ0) is 13.0. The average molecular weight is 242 g/mol. The fraction of sp³-hybridized carbons (Fsp3) is 0.231. The number of ether oxygens (including phenoxy) is 1. The highest BCUT2D eigenvalue weighted by Gasteiger charge is 2.05. The Morgan fingerprint density at radius 2 is 2.22 bits per heavy atom. The van der Waals surface area contributed by atoms with Crippen LogP contribution in [0.25, 0.3) is 11.1 Å². The van der Waals surface area contributed by atoms with Crippen molar-refractivity contribution in [3.8, 4) is 22.9 Å². The number of nitrogens with two attached hydrogens (primary N) is 1. The fourth-order valence-electron chi connectivity index (χ4n) is 1.73. The summed E-state index contributed by atoms with van der Waals surface area (Å²) in [4.78, 5) is 0. The molecule has 0 amide bonds. The van der Waals surface area contributed by atoms with Crippen LogP contribution in [-0.4, -0.2) is 16.9 Å². The molecule has 2 N–H and O–H groups in total. The molecule has 0 bridgehead atoms. The van der Waals surface area contributed by atoms with Gasteiger partial charge in [0.05, 0.1) is 19.4 Å². The van der Waals surface area contributed by atoms with Gasteiger partial charge in [0.1, 0.15) is 12.3 Å². The van der Waals surface area contributed by atoms with Gasteiger partial charge >= 0.3 is 0 Å². The van der Waals surface area contributed by atoms with E-state index in [-0.39, 0.29) is 6.54 Å². The molecular formula is C13H14N4O. The van der Waals surface area contributed by atoms with E-state index >= 15 is 0 Å². The number of nitrogens with zero attached hydrogens (tertiary/aromatic N) is 3. The molecule has 2 rings (SSSR count). The van der Waals surface area contributed by atoms with E-state index in [9.17, 15) is 0 Å². The van der Waals surface area contributed by atoms with Crippen LogP contribution in [0.2, 0.25) is 0 Å². The summed E-state index contributed by atoms with van der Waals surface area (Å²) in [7, 11) is 1.62. The molecule has 0 aliphatic rings. The molecular weight excluding hydrogens is 228 g/mol. The predicted octanol–water partition coefficient (Wildman–Crippen LogP) is 1.54. The Balaban J connectivity index is 2.39. The second-order valence-electron chi connectivity index (χ2n) is 3.86. The average Bonchev–Trinajstić information content (AvgIpc) is 2.87. The maximum atomic E-state index is 8.62. The van der Waals surface area contributed by atoms with Crippen LogP contribution in [0.5, 0.6) is 5.75 Å². The number of hydrogen-bond acceptors (Lipinski definition) is 4. The van der Waals surface area contributed by atoms with Gasteiger partial charge < -0.3 is 10.5 Å². The van der Waals surface area contributed by atoms with Gasteiger partial charge in [-0.05, 0) is 29.3 Å². The minimum absolute atomic E-state index is 0.244. The lowest BCUT2D eigenvalue weighted by atomic mass is 10.1. The molecule has 0 aliphatic heterocycles. The van der Waals surface area contributed by atoms with Gasteiger partial charge in [-0.1, -0.05) is 0 Å². The van der Waals surface area contributed by atoms with Gasteiger partial charge in [0, 0.05) is 18.3 Å². The molecule has 0 unspecified atom stereocenters. The van der Waals surface area contributed by atoms with E-state index in [1.165, 1.54) is 0 Å². The summed E-state index contributed by atoms with van der Waals surface area (Å²) in [5, 5.41) is 12.7. The summed E-state index contributed by atoms with van der Waals surface area (Å²) >= 11 is 0. The van der Waals surface area contributed by atoms with Crippen LogP contribution >= 0.6 is 0 Å². The lowest BCUT2D eigenvalue weighted by Crippen LogP contribution is -1.97. The Morgan fingerprint density at radius 1 is 1.39 bits per heavy atom. The smallest absolute Gasteiger partial charge is 0.128 e. The third-order valence-electron chi connectivity index (χ3n) is 2.64. The molecule has 1 aromatic carbocycles. The molecule has 0 atom stereocenters. The lowest BCUT2D eigenvalue weighted by molar-refractivity contribution is 0.414. The largest absolute Gasteiger partial charge is 0.497 e. The van der Waals surface area contributed by atoms with Gasteiger partial charge in [-0.2, -0.15) is 10.4 Å². The molecule has 0 radical (unpaired) electrons. The monoisotopic (exact) mass is 242 g/mol. The van der Waals surface area contributed by atoms with E-state index in [4.69, 9.17) is 15.7 Å². The van der Waals surface area contributed by atoms with Crippen molar-refractivity contribution in [2.75, 3.05) is 7.11 Å². The Hall–Kier alpha value is -2.32. The van der Waals surface area contributed by atoms with Gasteiger partial charge in [-0.25, -0.2) is 0 Å². The van der Waals surface area contributed by atoms with E-state index in [0.29, 0.717) is 6.54 Å². The highest BCUT2D eigenvalue weighted by Crippen LogP contribution is 2.25. The number of nitriles is 1. The van der Waals surface area contributed by atoms with Crippen molar-refractivity contribution in [3.63, 3.8) is 0 Å². The third-order valence-corrected chi connectivity index (χ3v) is 2.64. The molecule has 0 saturated heterocycles. The second-order valence-corrected chi connectivity index (χ2v) is 3.86. The Bertz CT molecular complexity index is 561. The third kappa shape index (κ3) is 2.50. The van der Waals surface area contributed by atoms with Crippen LogP contribution < -0.4 is 10.5 Å². The summed E-state index contributed by atoms with van der Waals surface area (Å²) in [6, 6.07) is 7.88. The van der Waals surface area contributed by atoms with Gasteiger partial charge in [0.15, 0.2) is 0 Å². The van der Waals surface area contributed by atoms with Crippen LogP contribution in [0.4, 0.5) is 0 Å². The quantitative estimate of drug-likeness (QED) is 0.882. The lowest BCUT2D eigenvalue weighted by Gasteiger charge is -2.06. The number of rotatable bonds is 4. The normalized spacial score (nSPS) is 10.1. The number of methoxy groups -OCH3 is 1. The zero-order valence-electron chi connectivity index (χ0n) is 10.1. The Kier molecular flexibility index (Phi) is 3.60. The highest BCUT2D eigenvalue weighted by molar-refractivity contribution is 5.64. The van der Waals surface area contributed by atoms with Crippen molar-refractivity contribution in [1.29, 1.82) is 5.26 Å². The molecule has 0 fully saturated rings. The van der Waals surface area contributed by atoms with Crippen LogP contribution in [-0.2, 0) is 13.1 Å². The van der Waals surface area contributed by atoms with E-state index in [0.717, 1.165) is 22.4 Å². The predicted molar refractivity (Wildman–Crippen MR) is 67.7 cm³/mol. The van der Waals surface area contributed by atoms with Crippen molar-refractivity contribution in [1.82, 2.24) is 9.78 Å². The minimum Gasteiger partial charge on any atom is -0.497 e. The van der Waals surface area contributed by atoms with Crippen molar-refractivity contribution >= 4 is 0 Å². The number of benzene rings is 1. The highest BCUT2D eigenvalue weighted by atomic mass is 16.5. The zero-order valence-corrected chi connectivity index (χ0v) is 10.1. The van der Waals surface area contributed by atoms with Crippen molar-refractivity contribution in [2.45, 2.75) is 13.1 Å². The molecule has 0 saturated carbocycles. The molecule has 5 heteroatoms. The standard InChI is InChI=1S/C13H14N4O/c1-18-13-5-10(7-15)4-11(6-13)12-8-16-17(9-12)3-2-14/h4-6,8-9H,3,7,15H2,1H3. The van der Waals surface area contributed by atoms with Crippen molar-refractivity contribution in [2.24, 2.45) is 5.73 Å². The van der Waals surface area contributed by atoms with Crippen molar-refractivity contribution in [3.05, 3.63) is 36.2 Å². The van der Waals surface area contributed by atoms with Crippen LogP contribution in [0.1, 0.15) is 5.56 Å². The van der Waals surface area contributed by atoms with E-state index < -0.39 is 0 Å². The number of hydrogen-bond donors (Lipinski definition) is 1. The topological polar surface area (TPSA) is 76.9 Å². The molecule has 1 heterocycles. The van der Waals surface area contributed by atoms with Gasteiger partial charge in [-0.3, -0.25) is 4.68 Å². The first-order valence-corrected chi connectivity index (χ1v) is 5.54. The molecule has 18 heavy (non-hydrogen) atoms. The van der Waals surface area contributed by atoms with Crippen molar-refractivity contribution < 1.29 is 4.74 Å². The van der Waals surface area contributed by atoms with Gasteiger partial charge in [0.2, 0.25) is 0 Å². The minimum atomic E-state index is 0.244. The summed E-state index contributed by atoms with van der Waals surface area (Å²) in [6.45, 7) is 0.699. The van der Waals surface area contributed by atoms with Gasteiger partial charge in [-0.15, -0.1) is 0 Å². The van der Waals surface area contributed by atoms with Crippen LogP contribution in [0, 0.1) is 11.3 Å².